The minimum absolute atomic E-state index is 0.300. The van der Waals surface area contributed by atoms with Crippen molar-refractivity contribution >= 4 is 27.9 Å². The summed E-state index contributed by atoms with van der Waals surface area (Å²) in [4.78, 5) is 17.5. The van der Waals surface area contributed by atoms with Gasteiger partial charge in [-0.3, -0.25) is 9.97 Å². The lowest BCUT2D eigenvalue weighted by molar-refractivity contribution is 0.565. The fourth-order valence-electron chi connectivity index (χ4n) is 3.99. The summed E-state index contributed by atoms with van der Waals surface area (Å²) >= 11 is 0. The van der Waals surface area contributed by atoms with Crippen LogP contribution >= 0.6 is 0 Å². The van der Waals surface area contributed by atoms with E-state index in [0.717, 1.165) is 11.1 Å². The molecule has 10 nitrogen and oxygen atoms in total. The third-order valence-electron chi connectivity index (χ3n) is 5.68. The van der Waals surface area contributed by atoms with Gasteiger partial charge in [-0.15, -0.1) is 5.10 Å². The van der Waals surface area contributed by atoms with Crippen molar-refractivity contribution in [2.75, 3.05) is 5.73 Å². The zero-order chi connectivity index (χ0) is 23.2. The van der Waals surface area contributed by atoms with Gasteiger partial charge in [-0.05, 0) is 25.1 Å². The number of nitrogens with zero attached hydrogens (tertiary/aromatic N) is 9. The van der Waals surface area contributed by atoms with Gasteiger partial charge in [-0.2, -0.15) is 5.10 Å². The third-order valence-corrected chi connectivity index (χ3v) is 5.68. The fourth-order valence-corrected chi connectivity index (χ4v) is 3.99. The smallest absolute Gasteiger partial charge is 0.164 e. The van der Waals surface area contributed by atoms with Crippen molar-refractivity contribution in [1.82, 2.24) is 44.7 Å². The molecule has 1 unspecified atom stereocenters. The van der Waals surface area contributed by atoms with Gasteiger partial charge in [0.1, 0.15) is 35.0 Å². The second-order valence-corrected chi connectivity index (χ2v) is 7.70. The molecule has 34 heavy (non-hydrogen) atoms. The van der Waals surface area contributed by atoms with Gasteiger partial charge in [0.05, 0.1) is 28.7 Å². The van der Waals surface area contributed by atoms with Gasteiger partial charge in [0, 0.05) is 18.0 Å². The van der Waals surface area contributed by atoms with Crippen molar-refractivity contribution in [2.24, 2.45) is 0 Å². The van der Waals surface area contributed by atoms with Gasteiger partial charge in [-0.25, -0.2) is 23.7 Å². The van der Waals surface area contributed by atoms with E-state index in [1.165, 1.54) is 17.1 Å². The van der Waals surface area contributed by atoms with E-state index >= 15 is 0 Å². The molecule has 0 fully saturated rings. The van der Waals surface area contributed by atoms with E-state index < -0.39 is 5.82 Å². The lowest BCUT2D eigenvalue weighted by atomic mass is 10.1. The van der Waals surface area contributed by atoms with E-state index in [1.807, 2.05) is 25.1 Å². The standard InChI is InChI=1S/C23H17FN10/c1-13(17-11-33(32-30-17)18-8-3-2-6-15(18)24)34-23-19(22(25)28-12-29-23)21(31-34)14-5-4-7-16-20(14)27-10-9-26-16/h2-13H,1H3,(H2,25,28,29). The molecule has 4 aromatic heterocycles. The van der Waals surface area contributed by atoms with Gasteiger partial charge in [0.25, 0.3) is 0 Å². The Labute approximate surface area is 191 Å². The average Bonchev–Trinajstić information content (AvgIpc) is 3.50. The van der Waals surface area contributed by atoms with Crippen LogP contribution in [0.3, 0.4) is 0 Å². The molecule has 0 aliphatic rings. The fraction of sp³-hybridized carbons (Fsp3) is 0.0870. The van der Waals surface area contributed by atoms with Crippen LogP contribution in [-0.2, 0) is 0 Å². The first-order valence-electron chi connectivity index (χ1n) is 10.5. The van der Waals surface area contributed by atoms with Crippen LogP contribution in [0.25, 0.3) is 39.0 Å². The number of nitrogens with two attached hydrogens (primary N) is 1. The number of halogens is 1. The monoisotopic (exact) mass is 452 g/mol. The van der Waals surface area contributed by atoms with Gasteiger partial charge in [0.2, 0.25) is 0 Å². The first-order valence-corrected chi connectivity index (χ1v) is 10.5. The second-order valence-electron chi connectivity index (χ2n) is 7.70. The number of hydrogen-bond donors (Lipinski definition) is 1. The summed E-state index contributed by atoms with van der Waals surface area (Å²) in [5, 5.41) is 13.8. The Hall–Kier alpha value is -4.80. The van der Waals surface area contributed by atoms with Crippen molar-refractivity contribution in [1.29, 1.82) is 0 Å². The van der Waals surface area contributed by atoms with E-state index in [9.17, 15) is 4.39 Å². The molecule has 0 spiro atoms. The van der Waals surface area contributed by atoms with Crippen molar-refractivity contribution in [3.8, 4) is 16.9 Å². The number of hydrogen-bond acceptors (Lipinski definition) is 8. The molecule has 11 heteroatoms. The lowest BCUT2D eigenvalue weighted by Crippen LogP contribution is -2.10. The van der Waals surface area contributed by atoms with E-state index in [2.05, 4.69) is 30.2 Å². The number of benzene rings is 2. The Kier molecular flexibility index (Phi) is 4.47. The number of anilines is 1. The Morgan fingerprint density at radius 3 is 2.71 bits per heavy atom. The van der Waals surface area contributed by atoms with Crippen LogP contribution in [-0.4, -0.2) is 44.7 Å². The van der Waals surface area contributed by atoms with E-state index in [-0.39, 0.29) is 6.04 Å². The number of nitrogen functional groups attached to an aromatic ring is 1. The van der Waals surface area contributed by atoms with Crippen LogP contribution in [0, 0.1) is 5.82 Å². The Morgan fingerprint density at radius 2 is 1.82 bits per heavy atom. The van der Waals surface area contributed by atoms with E-state index in [1.54, 1.807) is 41.5 Å². The SMILES string of the molecule is CC(c1cn(-c2ccccc2F)nn1)n1nc(-c2cccc3nccnc23)c2c(N)ncnc21. The van der Waals surface area contributed by atoms with Crippen molar-refractivity contribution < 1.29 is 4.39 Å². The van der Waals surface area contributed by atoms with Gasteiger partial charge in [0.15, 0.2) is 5.65 Å². The number of aromatic nitrogens is 9. The molecule has 0 saturated carbocycles. The van der Waals surface area contributed by atoms with E-state index in [4.69, 9.17) is 10.8 Å². The van der Waals surface area contributed by atoms with E-state index in [0.29, 0.717) is 39.4 Å². The largest absolute Gasteiger partial charge is 0.383 e. The summed E-state index contributed by atoms with van der Waals surface area (Å²) in [6.07, 6.45) is 6.34. The molecule has 0 radical (unpaired) electrons. The van der Waals surface area contributed by atoms with Crippen LogP contribution < -0.4 is 5.73 Å². The summed E-state index contributed by atoms with van der Waals surface area (Å²) in [6.45, 7) is 1.91. The van der Waals surface area contributed by atoms with Gasteiger partial charge < -0.3 is 5.73 Å². The maximum atomic E-state index is 14.2. The molecule has 0 amide bonds. The molecule has 166 valence electrons. The quantitative estimate of drug-likeness (QED) is 0.432. The Bertz CT molecular complexity index is 1670. The Morgan fingerprint density at radius 1 is 0.971 bits per heavy atom. The molecule has 6 rings (SSSR count). The zero-order valence-corrected chi connectivity index (χ0v) is 17.9. The molecule has 0 aliphatic carbocycles. The highest BCUT2D eigenvalue weighted by atomic mass is 19.1. The molecule has 0 bridgehead atoms. The topological polar surface area (TPSA) is 126 Å². The lowest BCUT2D eigenvalue weighted by Gasteiger charge is -2.09. The molecule has 0 saturated heterocycles. The number of fused-ring (bicyclic) bond motifs is 2. The summed E-state index contributed by atoms with van der Waals surface area (Å²) in [5.74, 6) is -0.0923. The van der Waals surface area contributed by atoms with Crippen molar-refractivity contribution in [2.45, 2.75) is 13.0 Å². The molecule has 2 aromatic carbocycles. The molecule has 2 N–H and O–H groups in total. The maximum absolute atomic E-state index is 14.2. The summed E-state index contributed by atoms with van der Waals surface area (Å²) in [5.41, 5.74) is 10.5. The maximum Gasteiger partial charge on any atom is 0.164 e. The molecule has 1 atom stereocenters. The second kappa shape index (κ2) is 7.66. The van der Waals surface area contributed by atoms with Gasteiger partial charge in [-0.1, -0.05) is 29.5 Å². The van der Waals surface area contributed by atoms with Crippen LogP contribution in [0.15, 0.2) is 67.4 Å². The predicted octanol–water partition coefficient (Wildman–Crippen LogP) is 3.35. The highest BCUT2D eigenvalue weighted by Crippen LogP contribution is 2.35. The van der Waals surface area contributed by atoms with Crippen LogP contribution in [0.1, 0.15) is 18.7 Å². The van der Waals surface area contributed by atoms with Crippen molar-refractivity contribution in [3.63, 3.8) is 0 Å². The van der Waals surface area contributed by atoms with Crippen LogP contribution in [0.2, 0.25) is 0 Å². The molecular weight excluding hydrogens is 435 g/mol. The Balaban J connectivity index is 1.52. The number of rotatable bonds is 4. The summed E-state index contributed by atoms with van der Waals surface area (Å²) in [6, 6.07) is 11.7. The minimum Gasteiger partial charge on any atom is -0.383 e. The van der Waals surface area contributed by atoms with Gasteiger partial charge >= 0.3 is 0 Å². The first kappa shape index (κ1) is 19.9. The molecule has 4 heterocycles. The highest BCUT2D eigenvalue weighted by Gasteiger charge is 2.24. The third kappa shape index (κ3) is 3.05. The van der Waals surface area contributed by atoms with Crippen LogP contribution in [0.5, 0.6) is 0 Å². The van der Waals surface area contributed by atoms with Crippen molar-refractivity contribution in [3.05, 3.63) is 78.9 Å². The molecule has 6 aromatic rings. The summed E-state index contributed by atoms with van der Waals surface area (Å²) < 4.78 is 17.3. The molecular formula is C23H17FN10. The first-order chi connectivity index (χ1) is 16.6. The zero-order valence-electron chi connectivity index (χ0n) is 17.9. The minimum atomic E-state index is -0.393. The normalized spacial score (nSPS) is 12.4. The highest BCUT2D eigenvalue weighted by molar-refractivity contribution is 6.03. The predicted molar refractivity (Wildman–Crippen MR) is 123 cm³/mol. The number of para-hydroxylation sites is 2. The van der Waals surface area contributed by atoms with Crippen LogP contribution in [0.4, 0.5) is 10.2 Å². The summed E-state index contributed by atoms with van der Waals surface area (Å²) in [7, 11) is 0. The average molecular weight is 452 g/mol. The molecule has 0 aliphatic heterocycles.